The Labute approximate surface area is 131 Å². The molecule has 1 aliphatic rings. The van der Waals surface area contributed by atoms with E-state index in [2.05, 4.69) is 24.1 Å². The van der Waals surface area contributed by atoms with Crippen LogP contribution in [0.3, 0.4) is 0 Å². The Kier molecular flexibility index (Phi) is 5.81. The number of carbonyl (C=O) groups is 2. The number of nitrogens with one attached hydrogen (secondary N) is 1. The summed E-state index contributed by atoms with van der Waals surface area (Å²) in [4.78, 5) is 25.6. The summed E-state index contributed by atoms with van der Waals surface area (Å²) in [6.07, 6.45) is 2.84. The average Bonchev–Trinajstić information content (AvgIpc) is 2.46. The van der Waals surface area contributed by atoms with E-state index in [1.165, 1.54) is 0 Å². The van der Waals surface area contributed by atoms with Gasteiger partial charge in [0.1, 0.15) is 0 Å². The molecule has 1 saturated carbocycles. The maximum absolute atomic E-state index is 11.8. The fourth-order valence-electron chi connectivity index (χ4n) is 2.44. The summed E-state index contributed by atoms with van der Waals surface area (Å²) in [6, 6.07) is 7.67. The van der Waals surface area contributed by atoms with Crippen LogP contribution >= 0.6 is 0 Å². The number of hydrogen-bond acceptors (Lipinski definition) is 4. The second kappa shape index (κ2) is 7.82. The van der Waals surface area contributed by atoms with Crippen molar-refractivity contribution in [3.8, 4) is 0 Å². The van der Waals surface area contributed by atoms with Crippen molar-refractivity contribution in [2.75, 3.05) is 29.9 Å². The van der Waals surface area contributed by atoms with E-state index in [-0.39, 0.29) is 24.4 Å². The molecule has 0 heterocycles. The third kappa shape index (κ3) is 4.23. The Hall–Kier alpha value is -2.04. The molecule has 22 heavy (non-hydrogen) atoms. The molecule has 0 aliphatic heterocycles. The molecular formula is C17H24N2O3. The molecule has 0 aromatic heterocycles. The smallest absolute Gasteiger partial charge is 0.309 e. The molecule has 0 radical (unpaired) electrons. The predicted molar refractivity (Wildman–Crippen MR) is 86.9 cm³/mol. The van der Waals surface area contributed by atoms with Crippen molar-refractivity contribution in [2.24, 2.45) is 5.92 Å². The van der Waals surface area contributed by atoms with Gasteiger partial charge in [0.25, 0.3) is 5.91 Å². The van der Waals surface area contributed by atoms with E-state index in [1.54, 1.807) is 0 Å². The van der Waals surface area contributed by atoms with Crippen LogP contribution in [0.25, 0.3) is 0 Å². The lowest BCUT2D eigenvalue weighted by atomic mass is 9.86. The lowest BCUT2D eigenvalue weighted by Gasteiger charge is -2.23. The maximum Gasteiger partial charge on any atom is 0.309 e. The van der Waals surface area contributed by atoms with Gasteiger partial charge in [0.2, 0.25) is 0 Å². The van der Waals surface area contributed by atoms with Crippen molar-refractivity contribution in [2.45, 2.75) is 33.1 Å². The third-order valence-electron chi connectivity index (χ3n) is 4.06. The summed E-state index contributed by atoms with van der Waals surface area (Å²) >= 11 is 0. The fourth-order valence-corrected chi connectivity index (χ4v) is 2.44. The van der Waals surface area contributed by atoms with Gasteiger partial charge in [0.15, 0.2) is 6.61 Å². The van der Waals surface area contributed by atoms with Gasteiger partial charge in [-0.1, -0.05) is 6.42 Å². The van der Waals surface area contributed by atoms with Crippen LogP contribution in [0.5, 0.6) is 0 Å². The molecule has 1 fully saturated rings. The van der Waals surface area contributed by atoms with Crippen LogP contribution in [0, 0.1) is 5.92 Å². The number of carbonyl (C=O) groups excluding carboxylic acids is 2. The molecular weight excluding hydrogens is 280 g/mol. The van der Waals surface area contributed by atoms with E-state index in [0.717, 1.165) is 38.0 Å². The molecule has 1 aliphatic carbocycles. The zero-order valence-electron chi connectivity index (χ0n) is 13.3. The quantitative estimate of drug-likeness (QED) is 0.787. The van der Waals surface area contributed by atoms with E-state index in [0.29, 0.717) is 5.69 Å². The molecule has 1 aromatic carbocycles. The summed E-state index contributed by atoms with van der Waals surface area (Å²) in [7, 11) is 0. The zero-order chi connectivity index (χ0) is 15.9. The van der Waals surface area contributed by atoms with E-state index in [9.17, 15) is 9.59 Å². The Bertz CT molecular complexity index is 505. The molecule has 1 amide bonds. The Morgan fingerprint density at radius 1 is 1.18 bits per heavy atom. The molecule has 120 valence electrons. The van der Waals surface area contributed by atoms with Crippen LogP contribution in [-0.2, 0) is 14.3 Å². The van der Waals surface area contributed by atoms with Gasteiger partial charge in [-0.2, -0.15) is 0 Å². The minimum atomic E-state index is -0.303. The molecule has 2 rings (SSSR count). The Balaban J connectivity index is 1.79. The zero-order valence-corrected chi connectivity index (χ0v) is 13.3. The Morgan fingerprint density at radius 3 is 2.32 bits per heavy atom. The summed E-state index contributed by atoms with van der Waals surface area (Å²) in [6.45, 7) is 5.89. The highest BCUT2D eigenvalue weighted by atomic mass is 16.5. The van der Waals surface area contributed by atoms with Crippen molar-refractivity contribution >= 4 is 23.3 Å². The number of esters is 1. The lowest BCUT2D eigenvalue weighted by molar-refractivity contribution is -0.154. The first-order valence-electron chi connectivity index (χ1n) is 7.95. The maximum atomic E-state index is 11.8. The van der Waals surface area contributed by atoms with Gasteiger partial charge in [-0.05, 0) is 51.0 Å². The summed E-state index contributed by atoms with van der Waals surface area (Å²) < 4.78 is 5.02. The van der Waals surface area contributed by atoms with Crippen LogP contribution in [0.1, 0.15) is 33.1 Å². The average molecular weight is 304 g/mol. The molecule has 0 saturated heterocycles. The monoisotopic (exact) mass is 304 g/mol. The highest BCUT2D eigenvalue weighted by Crippen LogP contribution is 2.27. The normalized spacial score (nSPS) is 14.1. The van der Waals surface area contributed by atoms with E-state index < -0.39 is 0 Å². The highest BCUT2D eigenvalue weighted by Gasteiger charge is 2.27. The molecule has 0 spiro atoms. The molecule has 1 N–H and O–H groups in total. The van der Waals surface area contributed by atoms with E-state index in [1.807, 2.05) is 24.3 Å². The van der Waals surface area contributed by atoms with Crippen LogP contribution < -0.4 is 10.2 Å². The van der Waals surface area contributed by atoms with Crippen molar-refractivity contribution in [1.82, 2.24) is 0 Å². The third-order valence-corrected chi connectivity index (χ3v) is 4.06. The molecule has 1 aromatic rings. The van der Waals surface area contributed by atoms with Crippen molar-refractivity contribution in [3.05, 3.63) is 24.3 Å². The lowest BCUT2D eigenvalue weighted by Crippen LogP contribution is -2.28. The van der Waals surface area contributed by atoms with Crippen LogP contribution in [0.4, 0.5) is 11.4 Å². The van der Waals surface area contributed by atoms with Gasteiger partial charge >= 0.3 is 5.97 Å². The van der Waals surface area contributed by atoms with E-state index >= 15 is 0 Å². The van der Waals surface area contributed by atoms with Gasteiger partial charge in [-0.3, -0.25) is 9.59 Å². The van der Waals surface area contributed by atoms with Crippen LogP contribution in [0.15, 0.2) is 24.3 Å². The minimum Gasteiger partial charge on any atom is -0.455 e. The number of amides is 1. The number of ether oxygens (including phenoxy) is 1. The second-order valence-corrected chi connectivity index (χ2v) is 5.50. The van der Waals surface area contributed by atoms with Crippen LogP contribution in [-0.4, -0.2) is 31.6 Å². The van der Waals surface area contributed by atoms with E-state index in [4.69, 9.17) is 4.74 Å². The first kappa shape index (κ1) is 16.3. The predicted octanol–water partition coefficient (Wildman–Crippen LogP) is 2.81. The van der Waals surface area contributed by atoms with Crippen molar-refractivity contribution in [1.29, 1.82) is 0 Å². The van der Waals surface area contributed by atoms with Gasteiger partial charge in [-0.25, -0.2) is 0 Å². The summed E-state index contributed by atoms with van der Waals surface area (Å²) in [5.74, 6) is -0.553. The van der Waals surface area contributed by atoms with Gasteiger partial charge in [0, 0.05) is 24.5 Å². The van der Waals surface area contributed by atoms with Gasteiger partial charge in [-0.15, -0.1) is 0 Å². The number of benzene rings is 1. The SMILES string of the molecule is CCN(CC)c1ccc(NC(=O)COC(=O)C2CCC2)cc1. The topological polar surface area (TPSA) is 58.6 Å². The largest absolute Gasteiger partial charge is 0.455 e. The van der Waals surface area contributed by atoms with Crippen molar-refractivity contribution < 1.29 is 14.3 Å². The van der Waals surface area contributed by atoms with Gasteiger partial charge in [0.05, 0.1) is 5.92 Å². The molecule has 5 heteroatoms. The molecule has 0 unspecified atom stereocenters. The van der Waals surface area contributed by atoms with Crippen molar-refractivity contribution in [3.63, 3.8) is 0 Å². The fraction of sp³-hybridized carbons (Fsp3) is 0.529. The number of nitrogens with zero attached hydrogens (tertiary/aromatic N) is 1. The van der Waals surface area contributed by atoms with Gasteiger partial charge < -0.3 is 15.0 Å². The second-order valence-electron chi connectivity index (χ2n) is 5.50. The minimum absolute atomic E-state index is 0.00107. The number of hydrogen-bond donors (Lipinski definition) is 1. The number of anilines is 2. The highest BCUT2D eigenvalue weighted by molar-refractivity contribution is 5.93. The molecule has 0 bridgehead atoms. The first-order chi connectivity index (χ1) is 10.6. The summed E-state index contributed by atoms with van der Waals surface area (Å²) in [5, 5.41) is 2.74. The standard InChI is InChI=1S/C17H24N2O3/c1-3-19(4-2)15-10-8-14(9-11-15)18-16(20)12-22-17(21)13-6-5-7-13/h8-11,13H,3-7,12H2,1-2H3,(H,18,20). The summed E-state index contributed by atoms with van der Waals surface area (Å²) in [5.41, 5.74) is 1.83. The van der Waals surface area contributed by atoms with Crippen LogP contribution in [0.2, 0.25) is 0 Å². The Morgan fingerprint density at radius 2 is 1.82 bits per heavy atom. The number of rotatable bonds is 7. The molecule has 5 nitrogen and oxygen atoms in total. The molecule has 0 atom stereocenters. The first-order valence-corrected chi connectivity index (χ1v) is 7.95.